The highest BCUT2D eigenvalue weighted by Gasteiger charge is 2.05. The molecule has 3 nitrogen and oxygen atoms in total. The van der Waals surface area contributed by atoms with Crippen molar-refractivity contribution in [1.29, 1.82) is 0 Å². The van der Waals surface area contributed by atoms with Crippen LogP contribution in [-0.4, -0.2) is 12.5 Å². The Balaban J connectivity index is 2.69. The van der Waals surface area contributed by atoms with E-state index in [1.165, 1.54) is 6.07 Å². The van der Waals surface area contributed by atoms with Crippen LogP contribution in [0.25, 0.3) is 0 Å². The Hall–Kier alpha value is -0.640. The number of halogens is 3. The van der Waals surface area contributed by atoms with E-state index in [1.807, 2.05) is 0 Å². The summed E-state index contributed by atoms with van der Waals surface area (Å²) in [4.78, 5) is 10.5. The van der Waals surface area contributed by atoms with E-state index < -0.39 is 0 Å². The normalized spacial score (nSPS) is 10.1. The van der Waals surface area contributed by atoms with Gasteiger partial charge in [0.1, 0.15) is 0 Å². The van der Waals surface area contributed by atoms with Crippen molar-refractivity contribution in [2.24, 2.45) is 5.73 Å². The van der Waals surface area contributed by atoms with Gasteiger partial charge in [0.2, 0.25) is 5.91 Å². The standard InChI is InChI=1S/C9H9Cl3N2O/c10-5-3-7(12)8(4-6(5)11)14-2-1-9(13)15/h3-4,14H,1-2H2,(H2,13,15). The number of carbonyl (C=O) groups is 1. The lowest BCUT2D eigenvalue weighted by Crippen LogP contribution is -2.15. The highest BCUT2D eigenvalue weighted by molar-refractivity contribution is 6.44. The Bertz CT molecular complexity index is 382. The van der Waals surface area contributed by atoms with Gasteiger partial charge in [0, 0.05) is 13.0 Å². The van der Waals surface area contributed by atoms with Crippen LogP contribution in [0.3, 0.4) is 0 Å². The number of nitrogens with two attached hydrogens (primary N) is 1. The molecule has 1 aromatic carbocycles. The Morgan fingerprint density at radius 2 is 1.80 bits per heavy atom. The maximum Gasteiger partial charge on any atom is 0.219 e. The fourth-order valence-corrected chi connectivity index (χ4v) is 1.59. The summed E-state index contributed by atoms with van der Waals surface area (Å²) in [7, 11) is 0. The molecule has 3 N–H and O–H groups in total. The molecule has 0 aliphatic heterocycles. The molecule has 0 bridgehead atoms. The van der Waals surface area contributed by atoms with E-state index in [9.17, 15) is 4.79 Å². The molecule has 0 aliphatic carbocycles. The van der Waals surface area contributed by atoms with Crippen molar-refractivity contribution in [3.63, 3.8) is 0 Å². The van der Waals surface area contributed by atoms with Crippen LogP contribution in [0.2, 0.25) is 15.1 Å². The molecule has 1 rings (SSSR count). The average molecular weight is 268 g/mol. The third kappa shape index (κ3) is 3.78. The summed E-state index contributed by atoms with van der Waals surface area (Å²) in [6.45, 7) is 0.410. The molecule has 0 unspecified atom stereocenters. The van der Waals surface area contributed by atoms with Crippen LogP contribution in [0.1, 0.15) is 6.42 Å². The first kappa shape index (κ1) is 12.4. The largest absolute Gasteiger partial charge is 0.383 e. The summed E-state index contributed by atoms with van der Waals surface area (Å²) in [5.74, 6) is -0.376. The summed E-state index contributed by atoms with van der Waals surface area (Å²) in [6.07, 6.45) is 0.233. The maximum absolute atomic E-state index is 10.5. The maximum atomic E-state index is 10.5. The molecule has 82 valence electrons. The van der Waals surface area contributed by atoms with Gasteiger partial charge in [-0.1, -0.05) is 34.8 Å². The third-order valence-electron chi connectivity index (χ3n) is 1.70. The average Bonchev–Trinajstić information content (AvgIpc) is 2.13. The molecule has 1 aromatic rings. The molecule has 0 aromatic heterocycles. The topological polar surface area (TPSA) is 55.1 Å². The molecule has 0 atom stereocenters. The molecule has 15 heavy (non-hydrogen) atoms. The lowest BCUT2D eigenvalue weighted by atomic mass is 10.3. The lowest BCUT2D eigenvalue weighted by Gasteiger charge is -2.08. The van der Waals surface area contributed by atoms with E-state index in [0.717, 1.165) is 0 Å². The Morgan fingerprint density at radius 1 is 1.20 bits per heavy atom. The minimum atomic E-state index is -0.376. The van der Waals surface area contributed by atoms with E-state index in [4.69, 9.17) is 40.5 Å². The van der Waals surface area contributed by atoms with Gasteiger partial charge >= 0.3 is 0 Å². The zero-order chi connectivity index (χ0) is 11.4. The van der Waals surface area contributed by atoms with Crippen molar-refractivity contribution in [2.45, 2.75) is 6.42 Å². The molecule has 0 fully saturated rings. The Labute approximate surface area is 102 Å². The van der Waals surface area contributed by atoms with E-state index in [0.29, 0.717) is 27.3 Å². The molecule has 0 heterocycles. The van der Waals surface area contributed by atoms with Gasteiger partial charge in [-0.2, -0.15) is 0 Å². The van der Waals surface area contributed by atoms with Crippen molar-refractivity contribution in [3.05, 3.63) is 27.2 Å². The summed E-state index contributed by atoms with van der Waals surface area (Å²) in [5.41, 5.74) is 5.62. The second-order valence-electron chi connectivity index (χ2n) is 2.89. The van der Waals surface area contributed by atoms with Gasteiger partial charge in [0.15, 0.2) is 0 Å². The molecule has 1 amide bonds. The number of anilines is 1. The summed E-state index contributed by atoms with van der Waals surface area (Å²) in [5, 5.41) is 4.19. The second-order valence-corrected chi connectivity index (χ2v) is 4.11. The predicted molar refractivity (Wildman–Crippen MR) is 63.8 cm³/mol. The van der Waals surface area contributed by atoms with Crippen LogP contribution >= 0.6 is 34.8 Å². The van der Waals surface area contributed by atoms with Gasteiger partial charge in [-0.15, -0.1) is 0 Å². The van der Waals surface area contributed by atoms with Gasteiger partial charge in [-0.25, -0.2) is 0 Å². The van der Waals surface area contributed by atoms with E-state index in [-0.39, 0.29) is 12.3 Å². The van der Waals surface area contributed by atoms with Crippen LogP contribution < -0.4 is 11.1 Å². The quantitative estimate of drug-likeness (QED) is 0.824. The van der Waals surface area contributed by atoms with Crippen molar-refractivity contribution in [3.8, 4) is 0 Å². The van der Waals surface area contributed by atoms with Gasteiger partial charge in [0.05, 0.1) is 20.8 Å². The van der Waals surface area contributed by atoms with E-state index in [1.54, 1.807) is 6.07 Å². The molecule has 0 spiro atoms. The van der Waals surface area contributed by atoms with Crippen LogP contribution in [0.15, 0.2) is 12.1 Å². The molecular weight excluding hydrogens is 258 g/mol. The van der Waals surface area contributed by atoms with Crippen molar-refractivity contribution >= 4 is 46.4 Å². The van der Waals surface area contributed by atoms with E-state index in [2.05, 4.69) is 5.32 Å². The highest BCUT2D eigenvalue weighted by Crippen LogP contribution is 2.32. The van der Waals surface area contributed by atoms with Crippen LogP contribution in [0.5, 0.6) is 0 Å². The number of carbonyl (C=O) groups excluding carboxylic acids is 1. The van der Waals surface area contributed by atoms with E-state index >= 15 is 0 Å². The number of hydrogen-bond donors (Lipinski definition) is 2. The van der Waals surface area contributed by atoms with Crippen molar-refractivity contribution in [1.82, 2.24) is 0 Å². The number of rotatable bonds is 4. The van der Waals surface area contributed by atoms with Crippen molar-refractivity contribution in [2.75, 3.05) is 11.9 Å². The summed E-state index contributed by atoms with van der Waals surface area (Å²) in [6, 6.07) is 3.14. The fraction of sp³-hybridized carbons (Fsp3) is 0.222. The van der Waals surface area contributed by atoms with Gasteiger partial charge < -0.3 is 11.1 Å². The van der Waals surface area contributed by atoms with Crippen molar-refractivity contribution < 1.29 is 4.79 Å². The Kier molecular flexibility index (Phi) is 4.51. The fourth-order valence-electron chi connectivity index (χ4n) is 0.978. The zero-order valence-corrected chi connectivity index (χ0v) is 9.96. The number of nitrogens with one attached hydrogen (secondary N) is 1. The Morgan fingerprint density at radius 3 is 2.40 bits per heavy atom. The minimum absolute atomic E-state index is 0.233. The van der Waals surface area contributed by atoms with Gasteiger partial charge in [-0.3, -0.25) is 4.79 Å². The monoisotopic (exact) mass is 266 g/mol. The van der Waals surface area contributed by atoms with Crippen LogP contribution in [-0.2, 0) is 4.79 Å². The summed E-state index contributed by atoms with van der Waals surface area (Å²) < 4.78 is 0. The molecule has 0 saturated heterocycles. The SMILES string of the molecule is NC(=O)CCNc1cc(Cl)c(Cl)cc1Cl. The number of amides is 1. The predicted octanol–water partition coefficient (Wildman–Crippen LogP) is 2.93. The zero-order valence-electron chi connectivity index (χ0n) is 7.69. The first-order valence-electron chi connectivity index (χ1n) is 4.17. The number of primary amides is 1. The van der Waals surface area contributed by atoms with Crippen LogP contribution in [0.4, 0.5) is 5.69 Å². The molecule has 0 radical (unpaired) electrons. The molecular formula is C9H9Cl3N2O. The number of benzene rings is 1. The smallest absolute Gasteiger partial charge is 0.219 e. The number of hydrogen-bond acceptors (Lipinski definition) is 2. The summed E-state index contributed by atoms with van der Waals surface area (Å²) >= 11 is 17.5. The highest BCUT2D eigenvalue weighted by atomic mass is 35.5. The third-order valence-corrected chi connectivity index (χ3v) is 2.73. The lowest BCUT2D eigenvalue weighted by molar-refractivity contribution is -0.117. The molecule has 0 saturated carbocycles. The van der Waals surface area contributed by atoms with Gasteiger partial charge in [0.25, 0.3) is 0 Å². The van der Waals surface area contributed by atoms with Gasteiger partial charge in [-0.05, 0) is 12.1 Å². The first-order chi connectivity index (χ1) is 7.00. The van der Waals surface area contributed by atoms with Crippen LogP contribution in [0, 0.1) is 0 Å². The molecule has 0 aliphatic rings. The first-order valence-corrected chi connectivity index (χ1v) is 5.31. The second kappa shape index (κ2) is 5.45. The minimum Gasteiger partial charge on any atom is -0.383 e. The molecule has 6 heteroatoms.